The number of nitrogens with two attached hydrogens (primary N) is 1. The molecule has 1 amide bonds. The number of carboxylic acid groups (broad SMARTS) is 1. The van der Waals surface area contributed by atoms with E-state index in [-0.39, 0.29) is 16.9 Å². The van der Waals surface area contributed by atoms with Gasteiger partial charge in [-0.25, -0.2) is 14.8 Å². The van der Waals surface area contributed by atoms with Crippen LogP contribution in [0.1, 0.15) is 25.5 Å². The SMILES string of the molecule is CC1(CNC(=O)O)CCN(c2nc(N)cnc2C#N)CC1. The molecule has 1 aromatic heterocycles. The fraction of sp³-hybridized carbons (Fsp3) is 0.538. The highest BCUT2D eigenvalue weighted by atomic mass is 16.4. The van der Waals surface area contributed by atoms with Crippen LogP contribution in [-0.2, 0) is 0 Å². The Kier molecular flexibility index (Phi) is 4.12. The summed E-state index contributed by atoms with van der Waals surface area (Å²) in [6.45, 7) is 3.84. The van der Waals surface area contributed by atoms with Gasteiger partial charge in [-0.2, -0.15) is 5.26 Å². The number of nitriles is 1. The number of piperidine rings is 1. The number of carbonyl (C=O) groups is 1. The molecule has 1 aliphatic heterocycles. The first kappa shape index (κ1) is 14.8. The summed E-state index contributed by atoms with van der Waals surface area (Å²) in [4.78, 5) is 20.8. The van der Waals surface area contributed by atoms with Crippen molar-refractivity contribution in [1.29, 1.82) is 5.26 Å². The third-order valence-electron chi connectivity index (χ3n) is 3.82. The molecule has 0 radical (unpaired) electrons. The molecule has 8 nitrogen and oxygen atoms in total. The molecule has 1 aromatic rings. The van der Waals surface area contributed by atoms with Crippen LogP contribution in [0.5, 0.6) is 0 Å². The van der Waals surface area contributed by atoms with Crippen molar-refractivity contribution in [3.8, 4) is 6.07 Å². The van der Waals surface area contributed by atoms with Crippen molar-refractivity contribution in [2.24, 2.45) is 5.41 Å². The fourth-order valence-electron chi connectivity index (χ4n) is 2.42. The standard InChI is InChI=1S/C13H18N6O2/c1-13(8-17-12(20)21)2-4-19(5-3-13)11-9(6-14)16-7-10(15)18-11/h7,17H,2-5,8H2,1H3,(H2,15,18)(H,20,21). The highest BCUT2D eigenvalue weighted by Crippen LogP contribution is 2.32. The molecule has 0 aromatic carbocycles. The van der Waals surface area contributed by atoms with E-state index in [1.807, 2.05) is 11.0 Å². The van der Waals surface area contributed by atoms with E-state index < -0.39 is 6.09 Å². The zero-order valence-corrected chi connectivity index (χ0v) is 11.8. The zero-order chi connectivity index (χ0) is 15.5. The maximum absolute atomic E-state index is 10.6. The van der Waals surface area contributed by atoms with Gasteiger partial charge in [0.05, 0.1) is 6.20 Å². The molecular weight excluding hydrogens is 272 g/mol. The van der Waals surface area contributed by atoms with Crippen molar-refractivity contribution in [3.05, 3.63) is 11.9 Å². The largest absolute Gasteiger partial charge is 0.465 e. The lowest BCUT2D eigenvalue weighted by atomic mass is 9.80. The Morgan fingerprint density at radius 2 is 2.29 bits per heavy atom. The normalized spacial score (nSPS) is 17.0. The topological polar surface area (TPSA) is 128 Å². The molecule has 0 spiro atoms. The molecule has 0 aliphatic carbocycles. The number of nitrogen functional groups attached to an aromatic ring is 1. The number of nitrogens with one attached hydrogen (secondary N) is 1. The Labute approximate surface area is 122 Å². The number of aromatic nitrogens is 2. The molecular formula is C13H18N6O2. The maximum atomic E-state index is 10.6. The monoisotopic (exact) mass is 290 g/mol. The summed E-state index contributed by atoms with van der Waals surface area (Å²) in [7, 11) is 0. The number of hydrogen-bond donors (Lipinski definition) is 3. The summed E-state index contributed by atoms with van der Waals surface area (Å²) in [5.74, 6) is 0.788. The van der Waals surface area contributed by atoms with Crippen LogP contribution in [0.25, 0.3) is 0 Å². The first-order chi connectivity index (χ1) is 9.93. The minimum absolute atomic E-state index is 0.0878. The van der Waals surface area contributed by atoms with Crippen molar-refractivity contribution in [2.75, 3.05) is 30.3 Å². The van der Waals surface area contributed by atoms with E-state index in [1.165, 1.54) is 6.20 Å². The molecule has 1 fully saturated rings. The van der Waals surface area contributed by atoms with E-state index in [2.05, 4.69) is 22.2 Å². The minimum Gasteiger partial charge on any atom is -0.465 e. The first-order valence-corrected chi connectivity index (χ1v) is 6.68. The number of amides is 1. The van der Waals surface area contributed by atoms with Crippen molar-refractivity contribution in [1.82, 2.24) is 15.3 Å². The lowest BCUT2D eigenvalue weighted by molar-refractivity contribution is 0.178. The Morgan fingerprint density at radius 3 is 2.86 bits per heavy atom. The van der Waals surface area contributed by atoms with E-state index >= 15 is 0 Å². The van der Waals surface area contributed by atoms with E-state index in [0.717, 1.165) is 12.8 Å². The lowest BCUT2D eigenvalue weighted by Gasteiger charge is -2.39. The van der Waals surface area contributed by atoms with Gasteiger partial charge in [0.25, 0.3) is 0 Å². The molecule has 1 saturated heterocycles. The Balaban J connectivity index is 2.06. The van der Waals surface area contributed by atoms with Gasteiger partial charge in [0, 0.05) is 19.6 Å². The summed E-state index contributed by atoms with van der Waals surface area (Å²) in [5, 5.41) is 20.2. The molecule has 8 heteroatoms. The highest BCUT2D eigenvalue weighted by molar-refractivity contribution is 5.64. The second-order valence-corrected chi connectivity index (χ2v) is 5.54. The van der Waals surface area contributed by atoms with Crippen LogP contribution in [0.3, 0.4) is 0 Å². The summed E-state index contributed by atoms with van der Waals surface area (Å²) < 4.78 is 0. The van der Waals surface area contributed by atoms with E-state index in [0.29, 0.717) is 25.5 Å². The Hall–Kier alpha value is -2.56. The summed E-state index contributed by atoms with van der Waals surface area (Å²) in [6, 6.07) is 2.02. The van der Waals surface area contributed by atoms with Gasteiger partial charge in [-0.3, -0.25) is 0 Å². The molecule has 112 valence electrons. The molecule has 1 aliphatic rings. The van der Waals surface area contributed by atoms with Crippen LogP contribution >= 0.6 is 0 Å². The third-order valence-corrected chi connectivity index (χ3v) is 3.82. The van der Waals surface area contributed by atoms with Gasteiger partial charge in [-0.1, -0.05) is 6.92 Å². The molecule has 4 N–H and O–H groups in total. The van der Waals surface area contributed by atoms with Gasteiger partial charge in [-0.05, 0) is 18.3 Å². The van der Waals surface area contributed by atoms with Crippen LogP contribution in [0, 0.1) is 16.7 Å². The average molecular weight is 290 g/mol. The Bertz CT molecular complexity index is 575. The summed E-state index contributed by atoms with van der Waals surface area (Å²) >= 11 is 0. The Morgan fingerprint density at radius 1 is 1.62 bits per heavy atom. The number of anilines is 2. The van der Waals surface area contributed by atoms with Crippen LogP contribution in [0.15, 0.2) is 6.20 Å². The van der Waals surface area contributed by atoms with Crippen LogP contribution < -0.4 is 16.0 Å². The second-order valence-electron chi connectivity index (χ2n) is 5.54. The number of rotatable bonds is 3. The second kappa shape index (κ2) is 5.83. The van der Waals surface area contributed by atoms with Crippen molar-refractivity contribution < 1.29 is 9.90 Å². The molecule has 0 unspecified atom stereocenters. The van der Waals surface area contributed by atoms with Gasteiger partial charge >= 0.3 is 6.09 Å². The minimum atomic E-state index is -1.01. The van der Waals surface area contributed by atoms with Gasteiger partial charge < -0.3 is 21.1 Å². The average Bonchev–Trinajstić information content (AvgIpc) is 2.46. The number of hydrogen-bond acceptors (Lipinski definition) is 6. The van der Waals surface area contributed by atoms with Crippen molar-refractivity contribution >= 4 is 17.7 Å². The smallest absolute Gasteiger partial charge is 0.404 e. The summed E-state index contributed by atoms with van der Waals surface area (Å²) in [6.07, 6.45) is 1.96. The molecule has 2 rings (SSSR count). The molecule has 0 bridgehead atoms. The van der Waals surface area contributed by atoms with Crippen LogP contribution in [0.4, 0.5) is 16.4 Å². The highest BCUT2D eigenvalue weighted by Gasteiger charge is 2.32. The molecule has 21 heavy (non-hydrogen) atoms. The van der Waals surface area contributed by atoms with Crippen LogP contribution in [0.2, 0.25) is 0 Å². The van der Waals surface area contributed by atoms with Gasteiger partial charge in [0.1, 0.15) is 11.9 Å². The van der Waals surface area contributed by atoms with Crippen molar-refractivity contribution in [2.45, 2.75) is 19.8 Å². The lowest BCUT2D eigenvalue weighted by Crippen LogP contribution is -2.45. The molecule has 0 atom stereocenters. The van der Waals surface area contributed by atoms with E-state index in [9.17, 15) is 4.79 Å². The first-order valence-electron chi connectivity index (χ1n) is 6.68. The molecule has 0 saturated carbocycles. The zero-order valence-electron chi connectivity index (χ0n) is 11.8. The van der Waals surface area contributed by atoms with Gasteiger partial charge in [0.15, 0.2) is 11.5 Å². The van der Waals surface area contributed by atoms with E-state index in [1.54, 1.807) is 0 Å². The van der Waals surface area contributed by atoms with Gasteiger partial charge in [-0.15, -0.1) is 0 Å². The fourth-order valence-corrected chi connectivity index (χ4v) is 2.42. The predicted molar refractivity (Wildman–Crippen MR) is 76.7 cm³/mol. The van der Waals surface area contributed by atoms with Crippen molar-refractivity contribution in [3.63, 3.8) is 0 Å². The van der Waals surface area contributed by atoms with Crippen LogP contribution in [-0.4, -0.2) is 40.8 Å². The van der Waals surface area contributed by atoms with Gasteiger partial charge in [0.2, 0.25) is 0 Å². The summed E-state index contributed by atoms with van der Waals surface area (Å²) in [5.41, 5.74) is 5.81. The maximum Gasteiger partial charge on any atom is 0.404 e. The predicted octanol–water partition coefficient (Wildman–Crippen LogP) is 0.805. The third kappa shape index (κ3) is 3.51. The number of nitrogens with zero attached hydrogens (tertiary/aromatic N) is 4. The molecule has 2 heterocycles. The quantitative estimate of drug-likeness (QED) is 0.751. The van der Waals surface area contributed by atoms with E-state index in [4.69, 9.17) is 16.1 Å².